The summed E-state index contributed by atoms with van der Waals surface area (Å²) in [4.78, 5) is 36.5. The van der Waals surface area contributed by atoms with Crippen LogP contribution in [-0.2, 0) is 4.79 Å². The van der Waals surface area contributed by atoms with Gasteiger partial charge in [-0.05, 0) is 6.92 Å². The van der Waals surface area contributed by atoms with Crippen molar-refractivity contribution < 1.29 is 9.59 Å². The van der Waals surface area contributed by atoms with Crippen LogP contribution in [0.25, 0.3) is 0 Å². The number of anilines is 1. The molecule has 3 amide bonds. The van der Waals surface area contributed by atoms with Crippen molar-refractivity contribution in [2.75, 3.05) is 10.7 Å². The number of primary amides is 1. The Bertz CT molecular complexity index is 534. The van der Waals surface area contributed by atoms with E-state index in [1.165, 1.54) is 13.1 Å². The van der Waals surface area contributed by atoms with Crippen LogP contribution in [0, 0.1) is 0 Å². The second-order valence-electron chi connectivity index (χ2n) is 3.17. The molecule has 0 aliphatic carbocycles. The molecule has 0 fully saturated rings. The smallest absolute Gasteiger partial charge is 0.319 e. The molecule has 0 aromatic carbocycles. The van der Waals surface area contributed by atoms with Gasteiger partial charge < -0.3 is 5.73 Å². The van der Waals surface area contributed by atoms with Gasteiger partial charge in [-0.3, -0.25) is 20.3 Å². The number of nitrogens with one attached hydrogen (secondary N) is 2. The van der Waals surface area contributed by atoms with Crippen molar-refractivity contribution >= 4 is 17.9 Å². The van der Waals surface area contributed by atoms with Crippen LogP contribution in [0.2, 0.25) is 0 Å². The van der Waals surface area contributed by atoms with E-state index in [1.807, 2.05) is 0 Å². The highest BCUT2D eigenvalue weighted by molar-refractivity contribution is 5.98. The largest absolute Gasteiger partial charge is 0.351 e. The molecular formula is C9H11N5O3. The molecule has 0 saturated carbocycles. The zero-order valence-corrected chi connectivity index (χ0v) is 9.06. The topological polar surface area (TPSA) is 119 Å². The molecule has 17 heavy (non-hydrogen) atoms. The maximum absolute atomic E-state index is 11.4. The highest BCUT2D eigenvalue weighted by atomic mass is 16.2. The molecule has 0 atom stereocenters. The number of nitrogens with zero attached hydrogens (tertiary/aromatic N) is 2. The van der Waals surface area contributed by atoms with E-state index >= 15 is 0 Å². The van der Waals surface area contributed by atoms with Crippen LogP contribution in [0.1, 0.15) is 6.92 Å². The van der Waals surface area contributed by atoms with E-state index in [9.17, 15) is 14.4 Å². The quantitative estimate of drug-likeness (QED) is 0.607. The lowest BCUT2D eigenvalue weighted by atomic mass is 10.3. The molecule has 0 spiro atoms. The van der Waals surface area contributed by atoms with E-state index in [1.54, 1.807) is 0 Å². The molecule has 1 rings (SSSR count). The fourth-order valence-corrected chi connectivity index (χ4v) is 0.898. The molecule has 0 bridgehead atoms. The van der Waals surface area contributed by atoms with Gasteiger partial charge >= 0.3 is 6.03 Å². The number of carbonyl (C=O) groups is 2. The summed E-state index contributed by atoms with van der Waals surface area (Å²) in [6.07, 6.45) is 1.24. The summed E-state index contributed by atoms with van der Waals surface area (Å²) < 4.78 is 1.06. The van der Waals surface area contributed by atoms with Gasteiger partial charge in [-0.1, -0.05) is 6.58 Å². The minimum Gasteiger partial charge on any atom is -0.351 e. The third-order valence-corrected chi connectivity index (χ3v) is 1.66. The molecule has 1 aromatic rings. The van der Waals surface area contributed by atoms with Gasteiger partial charge in [-0.15, -0.1) is 0 Å². The van der Waals surface area contributed by atoms with E-state index in [2.05, 4.69) is 22.3 Å². The van der Waals surface area contributed by atoms with Crippen molar-refractivity contribution in [2.45, 2.75) is 6.92 Å². The van der Waals surface area contributed by atoms with Crippen LogP contribution in [0.5, 0.6) is 0 Å². The molecule has 1 heterocycles. The molecule has 90 valence electrons. The number of nitrogens with two attached hydrogens (primary N) is 1. The highest BCUT2D eigenvalue weighted by Gasteiger charge is 2.08. The first kappa shape index (κ1) is 12.4. The maximum atomic E-state index is 11.4. The number of urea groups is 1. The van der Waals surface area contributed by atoms with Crippen LogP contribution in [0.3, 0.4) is 0 Å². The van der Waals surface area contributed by atoms with Gasteiger partial charge in [0.1, 0.15) is 0 Å². The third-order valence-electron chi connectivity index (χ3n) is 1.66. The fourth-order valence-electron chi connectivity index (χ4n) is 0.898. The van der Waals surface area contributed by atoms with Gasteiger partial charge in [0.25, 0.3) is 11.5 Å². The van der Waals surface area contributed by atoms with Gasteiger partial charge in [0, 0.05) is 17.8 Å². The first-order chi connectivity index (χ1) is 7.90. The van der Waals surface area contributed by atoms with Crippen LogP contribution in [-0.4, -0.2) is 21.6 Å². The Morgan fingerprint density at radius 2 is 2.18 bits per heavy atom. The van der Waals surface area contributed by atoms with Gasteiger partial charge in [-0.2, -0.15) is 4.98 Å². The number of hydrogen-bond donors (Lipinski definition) is 3. The predicted octanol–water partition coefficient (Wildman–Crippen LogP) is -0.620. The number of amides is 3. The van der Waals surface area contributed by atoms with Crippen molar-refractivity contribution in [1.82, 2.24) is 9.66 Å². The van der Waals surface area contributed by atoms with E-state index in [0.29, 0.717) is 0 Å². The van der Waals surface area contributed by atoms with Crippen LogP contribution in [0.15, 0.2) is 29.2 Å². The Morgan fingerprint density at radius 1 is 1.53 bits per heavy atom. The average Bonchev–Trinajstić information content (AvgIpc) is 2.20. The lowest BCUT2D eigenvalue weighted by Crippen LogP contribution is -2.31. The van der Waals surface area contributed by atoms with Crippen LogP contribution in [0.4, 0.5) is 10.7 Å². The van der Waals surface area contributed by atoms with E-state index in [-0.39, 0.29) is 11.5 Å². The Kier molecular flexibility index (Phi) is 3.60. The summed E-state index contributed by atoms with van der Waals surface area (Å²) in [6, 6.07) is 0.214. The average molecular weight is 237 g/mol. The van der Waals surface area contributed by atoms with Crippen molar-refractivity contribution in [3.05, 3.63) is 34.8 Å². The van der Waals surface area contributed by atoms with Crippen molar-refractivity contribution in [3.8, 4) is 0 Å². The Labute approximate surface area is 96.1 Å². The molecule has 1 aromatic heterocycles. The maximum Gasteiger partial charge on any atom is 0.319 e. The Morgan fingerprint density at radius 3 is 2.71 bits per heavy atom. The number of carbonyl (C=O) groups excluding carboxylic acids is 2. The zero-order chi connectivity index (χ0) is 13.0. The van der Waals surface area contributed by atoms with Crippen molar-refractivity contribution in [3.63, 3.8) is 0 Å². The van der Waals surface area contributed by atoms with Gasteiger partial charge in [0.15, 0.2) is 0 Å². The molecule has 8 heteroatoms. The van der Waals surface area contributed by atoms with Crippen molar-refractivity contribution in [2.24, 2.45) is 5.73 Å². The summed E-state index contributed by atoms with van der Waals surface area (Å²) >= 11 is 0. The normalized spacial score (nSPS) is 9.47. The van der Waals surface area contributed by atoms with E-state index in [4.69, 9.17) is 5.73 Å². The number of hydrogen-bond acceptors (Lipinski definition) is 4. The van der Waals surface area contributed by atoms with E-state index in [0.717, 1.165) is 10.7 Å². The summed E-state index contributed by atoms with van der Waals surface area (Å²) in [6.45, 7) is 4.95. The first-order valence-electron chi connectivity index (χ1n) is 4.53. The molecule has 0 radical (unpaired) electrons. The molecule has 0 saturated heterocycles. The molecule has 0 aliphatic heterocycles. The SMILES string of the molecule is C=C(C)C(=O)Nn1ccc(=O)nc1NC(N)=O. The molecule has 0 aliphatic rings. The molecule has 4 N–H and O–H groups in total. The summed E-state index contributed by atoms with van der Waals surface area (Å²) in [5.41, 5.74) is 6.93. The van der Waals surface area contributed by atoms with Gasteiger partial charge in [-0.25, -0.2) is 9.47 Å². The second kappa shape index (κ2) is 4.92. The fraction of sp³-hybridized carbons (Fsp3) is 0.111. The summed E-state index contributed by atoms with van der Waals surface area (Å²) in [5.74, 6) is -0.664. The monoisotopic (exact) mass is 237 g/mol. The highest BCUT2D eigenvalue weighted by Crippen LogP contribution is 1.98. The molecule has 8 nitrogen and oxygen atoms in total. The molecular weight excluding hydrogens is 226 g/mol. The van der Waals surface area contributed by atoms with Crippen LogP contribution >= 0.6 is 0 Å². The van der Waals surface area contributed by atoms with Gasteiger partial charge in [0.2, 0.25) is 5.95 Å². The van der Waals surface area contributed by atoms with Crippen LogP contribution < -0.4 is 22.0 Å². The lowest BCUT2D eigenvalue weighted by molar-refractivity contribution is -0.113. The second-order valence-corrected chi connectivity index (χ2v) is 3.17. The minimum atomic E-state index is -0.901. The number of aromatic nitrogens is 2. The van der Waals surface area contributed by atoms with Crippen molar-refractivity contribution in [1.29, 1.82) is 0 Å². The lowest BCUT2D eigenvalue weighted by Gasteiger charge is -2.12. The predicted molar refractivity (Wildman–Crippen MR) is 60.9 cm³/mol. The van der Waals surface area contributed by atoms with Gasteiger partial charge in [0.05, 0.1) is 0 Å². The summed E-state index contributed by atoms with van der Waals surface area (Å²) in [5, 5.41) is 2.10. The minimum absolute atomic E-state index is 0.181. The zero-order valence-electron chi connectivity index (χ0n) is 9.06. The molecule has 0 unspecified atom stereocenters. The summed E-state index contributed by atoms with van der Waals surface area (Å²) in [7, 11) is 0. The first-order valence-corrected chi connectivity index (χ1v) is 4.53. The third kappa shape index (κ3) is 3.45. The Balaban J connectivity index is 3.05. The Hall–Kier alpha value is -2.64. The number of rotatable bonds is 3. The standard InChI is InChI=1S/C9H11N5O3/c1-5(2)7(16)13-14-4-3-6(15)11-9(14)12-8(10)17/h3-4H,1H2,2H3,(H,13,16)(H3,10,11,12,15,17). The van der Waals surface area contributed by atoms with E-state index < -0.39 is 17.5 Å².